The van der Waals surface area contributed by atoms with E-state index in [-0.39, 0.29) is 19.3 Å². The highest BCUT2D eigenvalue weighted by Gasteiger charge is 2.08. The molecule has 0 aliphatic rings. The Balaban J connectivity index is 2.00. The lowest BCUT2D eigenvalue weighted by molar-refractivity contribution is 0.194. The van der Waals surface area contributed by atoms with Crippen molar-refractivity contribution in [2.75, 3.05) is 19.8 Å². The molecular weight excluding hydrogens is 290 g/mol. The minimum Gasteiger partial charge on any atom is -0.490 e. The molecule has 0 radical (unpaired) electrons. The lowest BCUT2D eigenvalue weighted by Crippen LogP contribution is -2.18. The van der Waals surface area contributed by atoms with Crippen LogP contribution in [0.25, 0.3) is 0 Å². The number of ether oxygens (including phenoxy) is 2. The molecule has 1 atom stereocenters. The zero-order valence-electron chi connectivity index (χ0n) is 13.8. The number of hydrogen-bond acceptors (Lipinski definition) is 4. The van der Waals surface area contributed by atoms with Crippen molar-refractivity contribution in [1.82, 2.24) is 5.32 Å². The van der Waals surface area contributed by atoms with E-state index in [4.69, 9.17) is 14.6 Å². The average Bonchev–Trinajstić information content (AvgIpc) is 2.60. The van der Waals surface area contributed by atoms with Crippen LogP contribution in [0.3, 0.4) is 0 Å². The Kier molecular flexibility index (Phi) is 6.91. The van der Waals surface area contributed by atoms with Gasteiger partial charge < -0.3 is 19.9 Å². The third-order valence-electron chi connectivity index (χ3n) is 3.57. The van der Waals surface area contributed by atoms with Crippen LogP contribution in [0.1, 0.15) is 31.0 Å². The molecule has 4 heteroatoms. The Labute approximate surface area is 138 Å². The summed E-state index contributed by atoms with van der Waals surface area (Å²) in [7, 11) is 0. The van der Waals surface area contributed by atoms with Gasteiger partial charge in [0, 0.05) is 12.6 Å². The Hall–Kier alpha value is -2.04. The molecule has 0 aromatic heterocycles. The number of nitrogens with one attached hydrogen (secondary N) is 1. The van der Waals surface area contributed by atoms with Crippen LogP contribution in [0, 0.1) is 0 Å². The summed E-state index contributed by atoms with van der Waals surface area (Å²) in [5.74, 6) is 1.38. The van der Waals surface area contributed by atoms with Gasteiger partial charge in [-0.15, -0.1) is 0 Å². The molecule has 0 fully saturated rings. The molecule has 2 aromatic rings. The Morgan fingerprint density at radius 2 is 1.83 bits per heavy atom. The first-order valence-corrected chi connectivity index (χ1v) is 8.02. The number of benzene rings is 2. The molecule has 0 heterocycles. The van der Waals surface area contributed by atoms with Crippen LogP contribution < -0.4 is 14.8 Å². The molecular formula is C19H25NO3. The molecule has 2 N–H and O–H groups in total. The van der Waals surface area contributed by atoms with Crippen LogP contribution in [0.4, 0.5) is 0 Å². The van der Waals surface area contributed by atoms with E-state index in [0.717, 1.165) is 12.1 Å². The molecule has 2 rings (SSSR count). The van der Waals surface area contributed by atoms with Gasteiger partial charge in [0.05, 0.1) is 13.2 Å². The molecule has 0 bridgehead atoms. The van der Waals surface area contributed by atoms with Gasteiger partial charge in [0.1, 0.15) is 6.61 Å². The molecule has 0 saturated carbocycles. The summed E-state index contributed by atoms with van der Waals surface area (Å²) in [5, 5.41) is 12.4. The maximum absolute atomic E-state index is 8.88. The van der Waals surface area contributed by atoms with E-state index in [9.17, 15) is 0 Å². The SMILES string of the molecule is CCOc1cc(CNC(C)c2ccccc2)ccc1OCCO. The first-order chi connectivity index (χ1) is 11.2. The second-order valence-corrected chi connectivity index (χ2v) is 5.30. The topological polar surface area (TPSA) is 50.7 Å². The van der Waals surface area contributed by atoms with E-state index in [2.05, 4.69) is 24.4 Å². The van der Waals surface area contributed by atoms with E-state index in [1.807, 2.05) is 43.3 Å². The van der Waals surface area contributed by atoms with Gasteiger partial charge in [-0.25, -0.2) is 0 Å². The van der Waals surface area contributed by atoms with Crippen molar-refractivity contribution >= 4 is 0 Å². The lowest BCUT2D eigenvalue weighted by Gasteiger charge is -2.16. The highest BCUT2D eigenvalue weighted by Crippen LogP contribution is 2.28. The van der Waals surface area contributed by atoms with Crippen LogP contribution in [0.15, 0.2) is 48.5 Å². The maximum atomic E-state index is 8.88. The number of hydrogen-bond donors (Lipinski definition) is 2. The van der Waals surface area contributed by atoms with Crippen LogP contribution in [-0.4, -0.2) is 24.9 Å². The van der Waals surface area contributed by atoms with Gasteiger partial charge in [-0.1, -0.05) is 36.4 Å². The first kappa shape index (κ1) is 17.3. The zero-order chi connectivity index (χ0) is 16.5. The van der Waals surface area contributed by atoms with Crippen molar-refractivity contribution in [3.05, 3.63) is 59.7 Å². The fraction of sp³-hybridized carbons (Fsp3) is 0.368. The molecule has 2 aromatic carbocycles. The molecule has 1 unspecified atom stereocenters. The third-order valence-corrected chi connectivity index (χ3v) is 3.57. The molecule has 0 aliphatic heterocycles. The lowest BCUT2D eigenvalue weighted by atomic mass is 10.1. The quantitative estimate of drug-likeness (QED) is 0.745. The Bertz CT molecular complexity index is 586. The first-order valence-electron chi connectivity index (χ1n) is 8.02. The van der Waals surface area contributed by atoms with Gasteiger partial charge >= 0.3 is 0 Å². The number of rotatable bonds is 9. The number of aliphatic hydroxyl groups excluding tert-OH is 1. The molecule has 124 valence electrons. The smallest absolute Gasteiger partial charge is 0.161 e. The van der Waals surface area contributed by atoms with Gasteiger partial charge in [0.2, 0.25) is 0 Å². The predicted octanol–water partition coefficient (Wildman–Crippen LogP) is 3.31. The van der Waals surface area contributed by atoms with Gasteiger partial charge in [0.25, 0.3) is 0 Å². The summed E-state index contributed by atoms with van der Waals surface area (Å²) in [4.78, 5) is 0. The molecule has 0 amide bonds. The fourth-order valence-corrected chi connectivity index (χ4v) is 2.34. The van der Waals surface area contributed by atoms with Gasteiger partial charge in [0.15, 0.2) is 11.5 Å². The normalized spacial score (nSPS) is 12.0. The summed E-state index contributed by atoms with van der Waals surface area (Å²) in [6.07, 6.45) is 0. The second kappa shape index (κ2) is 9.18. The largest absolute Gasteiger partial charge is 0.490 e. The third kappa shape index (κ3) is 5.27. The second-order valence-electron chi connectivity index (χ2n) is 5.30. The van der Waals surface area contributed by atoms with Crippen molar-refractivity contribution in [1.29, 1.82) is 0 Å². The summed E-state index contributed by atoms with van der Waals surface area (Å²) in [5.41, 5.74) is 2.40. The van der Waals surface area contributed by atoms with Gasteiger partial charge in [-0.05, 0) is 37.1 Å². The van der Waals surface area contributed by atoms with Crippen LogP contribution in [-0.2, 0) is 6.54 Å². The van der Waals surface area contributed by atoms with Gasteiger partial charge in [-0.2, -0.15) is 0 Å². The molecule has 0 aliphatic carbocycles. The minimum absolute atomic E-state index is 0.0105. The molecule has 23 heavy (non-hydrogen) atoms. The van der Waals surface area contributed by atoms with E-state index >= 15 is 0 Å². The van der Waals surface area contributed by atoms with Gasteiger partial charge in [-0.3, -0.25) is 0 Å². The highest BCUT2D eigenvalue weighted by atomic mass is 16.5. The Morgan fingerprint density at radius 1 is 1.04 bits per heavy atom. The van der Waals surface area contributed by atoms with Crippen LogP contribution in [0.2, 0.25) is 0 Å². The minimum atomic E-state index is -0.0105. The van der Waals surface area contributed by atoms with E-state index in [1.165, 1.54) is 5.56 Å². The maximum Gasteiger partial charge on any atom is 0.161 e. The summed E-state index contributed by atoms with van der Waals surface area (Å²) in [6.45, 7) is 5.67. The fourth-order valence-electron chi connectivity index (χ4n) is 2.34. The van der Waals surface area contributed by atoms with Crippen molar-refractivity contribution in [3.63, 3.8) is 0 Å². The molecule has 4 nitrogen and oxygen atoms in total. The molecule has 0 spiro atoms. The van der Waals surface area contributed by atoms with Crippen molar-refractivity contribution in [2.24, 2.45) is 0 Å². The summed E-state index contributed by atoms with van der Waals surface area (Å²) < 4.78 is 11.1. The molecule has 0 saturated heterocycles. The van der Waals surface area contributed by atoms with Crippen molar-refractivity contribution in [2.45, 2.75) is 26.4 Å². The number of aliphatic hydroxyl groups is 1. The van der Waals surface area contributed by atoms with E-state index < -0.39 is 0 Å². The van der Waals surface area contributed by atoms with E-state index in [0.29, 0.717) is 18.1 Å². The van der Waals surface area contributed by atoms with Crippen LogP contribution >= 0.6 is 0 Å². The Morgan fingerprint density at radius 3 is 2.52 bits per heavy atom. The monoisotopic (exact) mass is 315 g/mol. The zero-order valence-corrected chi connectivity index (χ0v) is 13.8. The van der Waals surface area contributed by atoms with Crippen molar-refractivity contribution < 1.29 is 14.6 Å². The van der Waals surface area contributed by atoms with Crippen LogP contribution in [0.5, 0.6) is 11.5 Å². The summed E-state index contributed by atoms with van der Waals surface area (Å²) in [6, 6.07) is 16.5. The predicted molar refractivity (Wildman–Crippen MR) is 91.9 cm³/mol. The summed E-state index contributed by atoms with van der Waals surface area (Å²) >= 11 is 0. The van der Waals surface area contributed by atoms with Crippen molar-refractivity contribution in [3.8, 4) is 11.5 Å². The standard InChI is InChI=1S/C19H25NO3/c1-3-22-19-13-16(9-10-18(19)23-12-11-21)14-20-15(2)17-7-5-4-6-8-17/h4-10,13,15,20-21H,3,11-12,14H2,1-2H3. The van der Waals surface area contributed by atoms with E-state index in [1.54, 1.807) is 0 Å². The average molecular weight is 315 g/mol. The highest BCUT2D eigenvalue weighted by molar-refractivity contribution is 5.43.